The van der Waals surface area contributed by atoms with Gasteiger partial charge in [-0.25, -0.2) is 15.0 Å². The number of thiazole rings is 1. The Morgan fingerprint density at radius 1 is 1.00 bits per heavy atom. The van der Waals surface area contributed by atoms with E-state index in [1.165, 1.54) is 24.4 Å². The van der Waals surface area contributed by atoms with Crippen molar-refractivity contribution in [1.82, 2.24) is 19.9 Å². The number of piperazine rings is 1. The van der Waals surface area contributed by atoms with E-state index < -0.39 is 28.6 Å². The zero-order valence-electron chi connectivity index (χ0n) is 24.8. The Balaban J connectivity index is 1.24. The highest BCUT2D eigenvalue weighted by Crippen LogP contribution is 2.36. The number of hydrogen-bond donors (Lipinski definition) is 4. The van der Waals surface area contributed by atoms with Gasteiger partial charge in [0.1, 0.15) is 22.5 Å². The van der Waals surface area contributed by atoms with Gasteiger partial charge in [0.15, 0.2) is 5.01 Å². The first-order valence-electron chi connectivity index (χ1n) is 14.2. The largest absolute Gasteiger partial charge is 0.417 e. The fraction of sp³-hybridized carbons (Fsp3) is 0.300. The van der Waals surface area contributed by atoms with E-state index in [0.717, 1.165) is 55.5 Å². The van der Waals surface area contributed by atoms with Crippen LogP contribution < -0.4 is 20.9 Å². The summed E-state index contributed by atoms with van der Waals surface area (Å²) in [6, 6.07) is 9.47. The van der Waals surface area contributed by atoms with Crippen LogP contribution in [0.1, 0.15) is 37.1 Å². The van der Waals surface area contributed by atoms with Crippen molar-refractivity contribution >= 4 is 62.8 Å². The van der Waals surface area contributed by atoms with Crippen molar-refractivity contribution in [2.24, 2.45) is 0 Å². The van der Waals surface area contributed by atoms with Gasteiger partial charge in [0.05, 0.1) is 23.4 Å². The highest BCUT2D eigenvalue weighted by Gasteiger charge is 2.33. The van der Waals surface area contributed by atoms with Crippen LogP contribution in [0, 0.1) is 13.8 Å². The molecule has 5 rings (SSSR count). The second-order valence-corrected chi connectivity index (χ2v) is 11.9. The van der Waals surface area contributed by atoms with Gasteiger partial charge < -0.3 is 26.0 Å². The number of nitrogens with zero attached hydrogens (tertiary/aromatic N) is 5. The van der Waals surface area contributed by atoms with Gasteiger partial charge in [-0.05, 0) is 49.7 Å². The summed E-state index contributed by atoms with van der Waals surface area (Å²) in [5, 5.41) is 17.8. The molecule has 11 nitrogen and oxygen atoms in total. The molecule has 242 valence electrons. The summed E-state index contributed by atoms with van der Waals surface area (Å²) in [4.78, 5) is 43.6. The summed E-state index contributed by atoms with van der Waals surface area (Å²) in [5.74, 6) is 0.729. The molecule has 4 N–H and O–H groups in total. The van der Waals surface area contributed by atoms with Crippen molar-refractivity contribution in [2.45, 2.75) is 20.0 Å². The number of β-amino-alcohol motifs (C(OH)–C–C–N with tert-alkyl or cyclic N) is 1. The van der Waals surface area contributed by atoms with E-state index in [4.69, 9.17) is 11.6 Å². The van der Waals surface area contributed by atoms with Crippen molar-refractivity contribution in [3.8, 4) is 0 Å². The smallest absolute Gasteiger partial charge is 0.395 e. The number of carbonyl (C=O) groups excluding carboxylic acids is 2. The molecule has 1 saturated heterocycles. The SMILES string of the molecule is Cc1nc(Nc2cnc(C(=O)Nc3cc(C(=O)Nc4ccc(Cl)c(C(F)(F)F)c4)ccc3C)s2)cc(N2CCN(CCO)CC2)n1. The molecule has 0 bridgehead atoms. The van der Waals surface area contributed by atoms with Crippen LogP contribution in [-0.4, -0.2) is 76.1 Å². The van der Waals surface area contributed by atoms with Crippen molar-refractivity contribution in [1.29, 1.82) is 0 Å². The highest BCUT2D eigenvalue weighted by atomic mass is 35.5. The molecule has 1 aliphatic heterocycles. The predicted octanol–water partition coefficient (Wildman–Crippen LogP) is 5.58. The van der Waals surface area contributed by atoms with Gasteiger partial charge in [0.25, 0.3) is 11.8 Å². The molecule has 46 heavy (non-hydrogen) atoms. The van der Waals surface area contributed by atoms with Crippen LogP contribution >= 0.6 is 22.9 Å². The van der Waals surface area contributed by atoms with Crippen LogP contribution in [-0.2, 0) is 6.18 Å². The molecule has 0 radical (unpaired) electrons. The first kappa shape index (κ1) is 33.1. The van der Waals surface area contributed by atoms with Crippen LogP contribution in [0.3, 0.4) is 0 Å². The maximum Gasteiger partial charge on any atom is 0.417 e. The molecule has 2 aromatic carbocycles. The number of aryl methyl sites for hydroxylation is 2. The lowest BCUT2D eigenvalue weighted by Gasteiger charge is -2.35. The Kier molecular flexibility index (Phi) is 10.1. The zero-order chi connectivity index (χ0) is 33.0. The lowest BCUT2D eigenvalue weighted by atomic mass is 10.1. The van der Waals surface area contributed by atoms with Gasteiger partial charge in [-0.3, -0.25) is 14.5 Å². The number of benzene rings is 2. The fourth-order valence-corrected chi connectivity index (χ4v) is 5.72. The van der Waals surface area contributed by atoms with Crippen LogP contribution in [0.4, 0.5) is 41.2 Å². The molecule has 2 aromatic heterocycles. The van der Waals surface area contributed by atoms with Gasteiger partial charge in [0.2, 0.25) is 0 Å². The predicted molar refractivity (Wildman–Crippen MR) is 171 cm³/mol. The maximum atomic E-state index is 13.2. The summed E-state index contributed by atoms with van der Waals surface area (Å²) in [7, 11) is 0. The average molecular weight is 675 g/mol. The van der Waals surface area contributed by atoms with Crippen molar-refractivity contribution in [3.05, 3.63) is 81.2 Å². The van der Waals surface area contributed by atoms with E-state index >= 15 is 0 Å². The van der Waals surface area contributed by atoms with E-state index in [9.17, 15) is 27.9 Å². The van der Waals surface area contributed by atoms with Crippen LogP contribution in [0.25, 0.3) is 0 Å². The topological polar surface area (TPSA) is 136 Å². The van der Waals surface area contributed by atoms with Crippen molar-refractivity contribution in [3.63, 3.8) is 0 Å². The molecule has 0 aliphatic carbocycles. The van der Waals surface area contributed by atoms with Gasteiger partial charge in [-0.1, -0.05) is 29.0 Å². The van der Waals surface area contributed by atoms with Gasteiger partial charge in [0, 0.05) is 55.7 Å². The van der Waals surface area contributed by atoms with Crippen LogP contribution in [0.2, 0.25) is 5.02 Å². The van der Waals surface area contributed by atoms with Crippen LogP contribution in [0.15, 0.2) is 48.7 Å². The molecule has 3 heterocycles. The van der Waals surface area contributed by atoms with Gasteiger partial charge in [-0.15, -0.1) is 0 Å². The number of rotatable bonds is 9. The Bertz CT molecular complexity index is 1740. The minimum absolute atomic E-state index is 0.0812. The maximum absolute atomic E-state index is 13.2. The number of carbonyl (C=O) groups is 2. The van der Waals surface area contributed by atoms with Crippen LogP contribution in [0.5, 0.6) is 0 Å². The third-order valence-electron chi connectivity index (χ3n) is 7.17. The van der Waals surface area contributed by atoms with E-state index in [-0.39, 0.29) is 22.9 Å². The molecular weight excluding hydrogens is 645 g/mol. The summed E-state index contributed by atoms with van der Waals surface area (Å²) >= 11 is 6.78. The lowest BCUT2D eigenvalue weighted by molar-refractivity contribution is -0.137. The molecule has 2 amide bonds. The summed E-state index contributed by atoms with van der Waals surface area (Å²) in [6.45, 7) is 7.48. The number of aliphatic hydroxyl groups is 1. The standard InChI is InChI=1S/C30H30ClF3N8O3S/c1-17-3-4-19(27(44)38-20-5-6-22(31)21(14-20)30(32,33)34)13-23(17)39-28(45)29-35-16-26(46-29)40-24-15-25(37-18(2)36-24)42-9-7-41(8-10-42)11-12-43/h3-6,13-16,43H,7-12H2,1-2H3,(H,38,44)(H,39,45)(H,36,37,40). The second kappa shape index (κ2) is 14.0. The Hall–Kier alpha value is -4.31. The average Bonchev–Trinajstić information content (AvgIpc) is 3.47. The third kappa shape index (κ3) is 8.09. The van der Waals surface area contributed by atoms with E-state index in [1.54, 1.807) is 19.9 Å². The number of alkyl halides is 3. The number of aromatic nitrogens is 3. The van der Waals surface area contributed by atoms with Gasteiger partial charge >= 0.3 is 6.18 Å². The molecular formula is C30H30ClF3N8O3S. The second-order valence-electron chi connectivity index (χ2n) is 10.5. The summed E-state index contributed by atoms with van der Waals surface area (Å²) in [6.07, 6.45) is -3.17. The molecule has 4 aromatic rings. The number of anilines is 5. The van der Waals surface area contributed by atoms with Crippen molar-refractivity contribution in [2.75, 3.05) is 60.2 Å². The highest BCUT2D eigenvalue weighted by molar-refractivity contribution is 7.17. The first-order valence-corrected chi connectivity index (χ1v) is 15.4. The normalized spacial score (nSPS) is 13.8. The number of hydrogen-bond acceptors (Lipinski definition) is 10. The van der Waals surface area contributed by atoms with Crippen molar-refractivity contribution < 1.29 is 27.9 Å². The first-order chi connectivity index (χ1) is 21.9. The minimum atomic E-state index is -4.68. The Morgan fingerprint density at radius 2 is 1.76 bits per heavy atom. The third-order valence-corrected chi connectivity index (χ3v) is 8.41. The summed E-state index contributed by atoms with van der Waals surface area (Å²) in [5.41, 5.74) is -0.0285. The number of aliphatic hydroxyl groups excluding tert-OH is 1. The molecule has 0 saturated carbocycles. The molecule has 1 aliphatic rings. The molecule has 0 unspecified atom stereocenters. The minimum Gasteiger partial charge on any atom is -0.395 e. The van der Waals surface area contributed by atoms with Gasteiger partial charge in [-0.2, -0.15) is 13.2 Å². The number of amides is 2. The monoisotopic (exact) mass is 674 g/mol. The fourth-order valence-electron chi connectivity index (χ4n) is 4.78. The van der Waals surface area contributed by atoms with E-state index in [2.05, 4.69) is 40.7 Å². The molecule has 0 spiro atoms. The Morgan fingerprint density at radius 3 is 2.48 bits per heavy atom. The molecule has 16 heteroatoms. The number of nitrogens with one attached hydrogen (secondary N) is 3. The molecule has 1 fully saturated rings. The summed E-state index contributed by atoms with van der Waals surface area (Å²) < 4.78 is 39.7. The van der Waals surface area contributed by atoms with E-state index in [0.29, 0.717) is 34.4 Å². The Labute approximate surface area is 271 Å². The lowest BCUT2D eigenvalue weighted by Crippen LogP contribution is -2.47. The molecule has 0 atom stereocenters. The zero-order valence-corrected chi connectivity index (χ0v) is 26.4. The van der Waals surface area contributed by atoms with E-state index in [1.807, 2.05) is 6.07 Å². The number of halogens is 4. The quantitative estimate of drug-likeness (QED) is 0.179.